The predicted octanol–water partition coefficient (Wildman–Crippen LogP) is 1.53. The Morgan fingerprint density at radius 3 is 2.47 bits per heavy atom. The van der Waals surface area contributed by atoms with Crippen molar-refractivity contribution in [1.82, 2.24) is 9.97 Å². The van der Waals surface area contributed by atoms with Gasteiger partial charge in [-0.05, 0) is 18.3 Å². The number of nitrogens with one attached hydrogen (secondary N) is 2. The van der Waals surface area contributed by atoms with Gasteiger partial charge in [-0.15, -0.1) is 0 Å². The Hall–Kier alpha value is -1.32. The molecule has 0 saturated heterocycles. The fourth-order valence-electron chi connectivity index (χ4n) is 1.91. The third kappa shape index (κ3) is 2.37. The van der Waals surface area contributed by atoms with Crippen molar-refractivity contribution >= 4 is 0 Å². The molecule has 1 rings (SSSR count). The molecule has 1 atom stereocenters. The monoisotopic (exact) mass is 210 g/mol. The molecule has 1 aromatic heterocycles. The maximum Gasteiger partial charge on any atom is 0.325 e. The smallest absolute Gasteiger partial charge is 0.314 e. The molecule has 1 aromatic rings. The number of aromatic amines is 2. The highest BCUT2D eigenvalue weighted by molar-refractivity contribution is 5.17. The molecule has 4 heteroatoms. The van der Waals surface area contributed by atoms with Crippen molar-refractivity contribution in [3.63, 3.8) is 0 Å². The third-order valence-corrected chi connectivity index (χ3v) is 3.05. The van der Waals surface area contributed by atoms with Gasteiger partial charge in [0.15, 0.2) is 0 Å². The molecule has 1 heterocycles. The first-order chi connectivity index (χ1) is 7.03. The van der Waals surface area contributed by atoms with Gasteiger partial charge >= 0.3 is 5.69 Å². The number of rotatable bonds is 4. The summed E-state index contributed by atoms with van der Waals surface area (Å²) in [6.07, 6.45) is 4.39. The van der Waals surface area contributed by atoms with E-state index in [0.29, 0.717) is 5.56 Å². The Balaban J connectivity index is 3.24. The van der Waals surface area contributed by atoms with Gasteiger partial charge in [0.2, 0.25) is 0 Å². The van der Waals surface area contributed by atoms with E-state index in [9.17, 15) is 9.59 Å². The molecule has 1 unspecified atom stereocenters. The summed E-state index contributed by atoms with van der Waals surface area (Å²) in [6, 6.07) is 0. The first kappa shape index (κ1) is 11.8. The van der Waals surface area contributed by atoms with Gasteiger partial charge < -0.3 is 4.98 Å². The van der Waals surface area contributed by atoms with Gasteiger partial charge in [-0.2, -0.15) is 0 Å². The highest BCUT2D eigenvalue weighted by Gasteiger charge is 2.26. The summed E-state index contributed by atoms with van der Waals surface area (Å²) in [7, 11) is 0. The van der Waals surface area contributed by atoms with Crippen LogP contribution in [0.2, 0.25) is 0 Å². The van der Waals surface area contributed by atoms with E-state index in [2.05, 4.69) is 30.7 Å². The number of H-pyrrole nitrogens is 2. The van der Waals surface area contributed by atoms with Crippen LogP contribution in [0.5, 0.6) is 0 Å². The lowest BCUT2D eigenvalue weighted by atomic mass is 9.78. The van der Waals surface area contributed by atoms with Crippen molar-refractivity contribution in [1.29, 1.82) is 0 Å². The van der Waals surface area contributed by atoms with Crippen LogP contribution in [-0.4, -0.2) is 9.97 Å². The molecule has 4 nitrogen and oxygen atoms in total. The fourth-order valence-corrected chi connectivity index (χ4v) is 1.91. The Bertz CT molecular complexity index is 433. The van der Waals surface area contributed by atoms with Crippen LogP contribution in [0.25, 0.3) is 0 Å². The number of hydrogen-bond donors (Lipinski definition) is 2. The van der Waals surface area contributed by atoms with Crippen LogP contribution in [0.1, 0.15) is 45.6 Å². The van der Waals surface area contributed by atoms with E-state index in [-0.39, 0.29) is 11.0 Å². The average molecular weight is 210 g/mol. The van der Waals surface area contributed by atoms with Crippen molar-refractivity contribution in [2.45, 2.75) is 45.4 Å². The lowest BCUT2D eigenvalue weighted by Crippen LogP contribution is -2.34. The van der Waals surface area contributed by atoms with Gasteiger partial charge in [-0.1, -0.05) is 27.2 Å². The summed E-state index contributed by atoms with van der Waals surface area (Å²) in [5, 5.41) is 0. The minimum absolute atomic E-state index is 0.146. The second-order valence-electron chi connectivity index (χ2n) is 4.15. The van der Waals surface area contributed by atoms with Gasteiger partial charge in [-0.3, -0.25) is 9.78 Å². The van der Waals surface area contributed by atoms with E-state index in [1.54, 1.807) is 6.20 Å². The normalized spacial score (nSPS) is 14.9. The van der Waals surface area contributed by atoms with E-state index < -0.39 is 5.69 Å². The van der Waals surface area contributed by atoms with Crippen LogP contribution in [-0.2, 0) is 5.41 Å². The minimum atomic E-state index is -0.446. The molecular formula is C11H18N2O2. The molecule has 0 aliphatic carbocycles. The zero-order chi connectivity index (χ0) is 11.5. The highest BCUT2D eigenvalue weighted by atomic mass is 16.2. The van der Waals surface area contributed by atoms with Crippen LogP contribution in [0, 0.1) is 0 Å². The molecule has 0 radical (unpaired) electrons. The molecule has 0 aliphatic heterocycles. The van der Waals surface area contributed by atoms with Crippen LogP contribution in [0.15, 0.2) is 15.8 Å². The van der Waals surface area contributed by atoms with Gasteiger partial charge in [0.25, 0.3) is 5.56 Å². The summed E-state index contributed by atoms with van der Waals surface area (Å²) >= 11 is 0. The summed E-state index contributed by atoms with van der Waals surface area (Å²) < 4.78 is 0. The lowest BCUT2D eigenvalue weighted by molar-refractivity contribution is 0.407. The summed E-state index contributed by atoms with van der Waals surface area (Å²) in [4.78, 5) is 27.3. The van der Waals surface area contributed by atoms with Gasteiger partial charge in [-0.25, -0.2) is 4.79 Å². The van der Waals surface area contributed by atoms with Crippen molar-refractivity contribution < 1.29 is 0 Å². The molecule has 84 valence electrons. The first-order valence-electron chi connectivity index (χ1n) is 5.36. The molecule has 2 N–H and O–H groups in total. The van der Waals surface area contributed by atoms with E-state index in [1.165, 1.54) is 0 Å². The zero-order valence-electron chi connectivity index (χ0n) is 9.52. The van der Waals surface area contributed by atoms with Gasteiger partial charge in [0.05, 0.1) is 0 Å². The lowest BCUT2D eigenvalue weighted by Gasteiger charge is -2.26. The molecule has 0 aromatic carbocycles. The zero-order valence-corrected chi connectivity index (χ0v) is 9.52. The highest BCUT2D eigenvalue weighted by Crippen LogP contribution is 2.29. The topological polar surface area (TPSA) is 65.7 Å². The maximum atomic E-state index is 11.6. The Labute approximate surface area is 88.7 Å². The molecule has 0 spiro atoms. The summed E-state index contributed by atoms with van der Waals surface area (Å²) in [5.74, 6) is 0. The standard InChI is InChI=1S/C11H18N2O2/c1-4-6-11(3,5-2)8-7-12-10(15)13-9(8)14/h7H,4-6H2,1-3H3,(H2,12,13,14,15). The SMILES string of the molecule is CCCC(C)(CC)c1c[nH]c(=O)[nH]c1=O. The molecule has 15 heavy (non-hydrogen) atoms. The molecule has 0 amide bonds. The fraction of sp³-hybridized carbons (Fsp3) is 0.636. The Morgan fingerprint density at radius 1 is 1.33 bits per heavy atom. The van der Waals surface area contributed by atoms with Crippen molar-refractivity contribution in [3.05, 3.63) is 32.6 Å². The quantitative estimate of drug-likeness (QED) is 0.791. The summed E-state index contributed by atoms with van der Waals surface area (Å²) in [6.45, 7) is 6.20. The Kier molecular flexibility index (Phi) is 3.50. The van der Waals surface area contributed by atoms with Gasteiger partial charge in [0, 0.05) is 11.8 Å². The molecule has 0 bridgehead atoms. The molecule has 0 aliphatic rings. The average Bonchev–Trinajstić information content (AvgIpc) is 2.17. The van der Waals surface area contributed by atoms with Crippen LogP contribution < -0.4 is 11.2 Å². The second kappa shape index (κ2) is 4.47. The van der Waals surface area contributed by atoms with Gasteiger partial charge in [0.1, 0.15) is 0 Å². The van der Waals surface area contributed by atoms with E-state index >= 15 is 0 Å². The van der Waals surface area contributed by atoms with Crippen LogP contribution in [0.3, 0.4) is 0 Å². The van der Waals surface area contributed by atoms with Crippen molar-refractivity contribution in [3.8, 4) is 0 Å². The largest absolute Gasteiger partial charge is 0.325 e. The van der Waals surface area contributed by atoms with E-state index in [0.717, 1.165) is 19.3 Å². The van der Waals surface area contributed by atoms with Crippen LogP contribution in [0.4, 0.5) is 0 Å². The van der Waals surface area contributed by atoms with Crippen molar-refractivity contribution in [2.75, 3.05) is 0 Å². The molecule has 0 saturated carbocycles. The predicted molar refractivity (Wildman–Crippen MR) is 60.2 cm³/mol. The Morgan fingerprint density at radius 2 is 2.00 bits per heavy atom. The number of aromatic nitrogens is 2. The molecular weight excluding hydrogens is 192 g/mol. The third-order valence-electron chi connectivity index (χ3n) is 3.05. The van der Waals surface area contributed by atoms with Crippen LogP contribution >= 0.6 is 0 Å². The van der Waals surface area contributed by atoms with E-state index in [4.69, 9.17) is 0 Å². The summed E-state index contributed by atoms with van der Waals surface area (Å²) in [5.41, 5.74) is -0.186. The minimum Gasteiger partial charge on any atom is -0.314 e. The number of hydrogen-bond acceptors (Lipinski definition) is 2. The first-order valence-corrected chi connectivity index (χ1v) is 5.36. The molecule has 0 fully saturated rings. The maximum absolute atomic E-state index is 11.6. The van der Waals surface area contributed by atoms with Crippen molar-refractivity contribution in [2.24, 2.45) is 0 Å². The van der Waals surface area contributed by atoms with E-state index in [1.807, 2.05) is 0 Å². The second-order valence-corrected chi connectivity index (χ2v) is 4.15.